The second kappa shape index (κ2) is 9.84. The number of alkyl halides is 3. The van der Waals surface area contributed by atoms with Crippen molar-refractivity contribution in [2.75, 3.05) is 17.2 Å². The molecule has 0 unspecified atom stereocenters. The summed E-state index contributed by atoms with van der Waals surface area (Å²) in [6.07, 6.45) is -3.97. The first-order valence-corrected chi connectivity index (χ1v) is 11.9. The van der Waals surface area contributed by atoms with Crippen molar-refractivity contribution in [2.24, 2.45) is 5.73 Å². The van der Waals surface area contributed by atoms with Gasteiger partial charge in [0.1, 0.15) is 5.00 Å². The summed E-state index contributed by atoms with van der Waals surface area (Å²) in [5.41, 5.74) is 6.56. The molecule has 0 saturated carbocycles. The predicted octanol–water partition coefficient (Wildman–Crippen LogP) is 5.53. The third-order valence-electron chi connectivity index (χ3n) is 5.40. The second-order valence-electron chi connectivity index (χ2n) is 7.68. The van der Waals surface area contributed by atoms with Crippen LogP contribution in [0.5, 0.6) is 0 Å². The number of carbonyl (C=O) groups is 2. The van der Waals surface area contributed by atoms with Crippen LogP contribution in [0.15, 0.2) is 48.5 Å². The molecule has 2 heterocycles. The van der Waals surface area contributed by atoms with E-state index in [2.05, 4.69) is 10.6 Å². The number of nitrogens with two attached hydrogens (primary N) is 1. The van der Waals surface area contributed by atoms with Gasteiger partial charge >= 0.3 is 6.18 Å². The maximum Gasteiger partial charge on any atom is 0.416 e. The molecule has 4 rings (SSSR count). The third-order valence-corrected chi connectivity index (χ3v) is 7.22. The number of hydrogen-bond acceptors (Lipinski definition) is 4. The van der Waals surface area contributed by atoms with Crippen LogP contribution < -0.4 is 16.4 Å². The number of anilines is 2. The van der Waals surface area contributed by atoms with Crippen LogP contribution in [0.2, 0.25) is 5.02 Å². The topological polar surface area (TPSA) is 87.5 Å². The zero-order chi connectivity index (χ0) is 25.3. The molecule has 1 aliphatic rings. The van der Waals surface area contributed by atoms with Crippen LogP contribution >= 0.6 is 35.2 Å². The molecule has 0 aliphatic carbocycles. The predicted molar refractivity (Wildman–Crippen MR) is 134 cm³/mol. The summed E-state index contributed by atoms with van der Waals surface area (Å²) in [7, 11) is 0. The van der Waals surface area contributed by atoms with Crippen LogP contribution in [0.4, 0.5) is 23.9 Å². The molecule has 0 spiro atoms. The van der Waals surface area contributed by atoms with Crippen molar-refractivity contribution < 1.29 is 22.8 Å². The van der Waals surface area contributed by atoms with Gasteiger partial charge in [0.05, 0.1) is 28.3 Å². The standard InChI is InChI=1S/C23H18ClF3N4O2S2/c24-16-4-2-1-3-14(16)20(33)30-21-18(19(28)32)15-9-10-31(11-17(15)35-21)22(34)29-13-7-5-12(6-8-13)23(25,26)27/h1-8H,9-11H2,(H2,28,32)(H,29,34)(H,30,33). The highest BCUT2D eigenvalue weighted by atomic mass is 35.5. The highest BCUT2D eigenvalue weighted by Gasteiger charge is 2.31. The third kappa shape index (κ3) is 5.42. The highest BCUT2D eigenvalue weighted by Crippen LogP contribution is 2.37. The van der Waals surface area contributed by atoms with Crippen molar-refractivity contribution in [3.05, 3.63) is 80.7 Å². The molecule has 0 saturated heterocycles. The molecule has 182 valence electrons. The largest absolute Gasteiger partial charge is 0.416 e. The van der Waals surface area contributed by atoms with Crippen LogP contribution in [0.1, 0.15) is 36.7 Å². The minimum Gasteiger partial charge on any atom is -0.365 e. The first kappa shape index (κ1) is 25.0. The Balaban J connectivity index is 1.50. The molecule has 0 atom stereocenters. The zero-order valence-electron chi connectivity index (χ0n) is 17.9. The molecule has 3 aromatic rings. The van der Waals surface area contributed by atoms with E-state index >= 15 is 0 Å². The van der Waals surface area contributed by atoms with E-state index in [4.69, 9.17) is 29.6 Å². The molecule has 2 amide bonds. The minimum absolute atomic E-state index is 0.256. The lowest BCUT2D eigenvalue weighted by Crippen LogP contribution is -2.38. The molecular weight excluding hydrogens is 521 g/mol. The summed E-state index contributed by atoms with van der Waals surface area (Å²) in [6, 6.07) is 11.1. The van der Waals surface area contributed by atoms with Gasteiger partial charge in [-0.15, -0.1) is 11.3 Å². The minimum atomic E-state index is -4.42. The van der Waals surface area contributed by atoms with E-state index in [1.165, 1.54) is 23.5 Å². The molecule has 0 bridgehead atoms. The Kier molecular flexibility index (Phi) is 7.02. The van der Waals surface area contributed by atoms with Crippen molar-refractivity contribution in [2.45, 2.75) is 19.1 Å². The van der Waals surface area contributed by atoms with E-state index in [1.807, 2.05) is 4.90 Å². The Hall–Kier alpha value is -3.15. The number of fused-ring (bicyclic) bond motifs is 1. The average molecular weight is 539 g/mol. The fourth-order valence-corrected chi connectivity index (χ4v) is 5.45. The van der Waals surface area contributed by atoms with Gasteiger partial charge in [0.2, 0.25) is 0 Å². The van der Waals surface area contributed by atoms with Gasteiger partial charge in [-0.1, -0.05) is 23.7 Å². The van der Waals surface area contributed by atoms with Crippen molar-refractivity contribution >= 4 is 62.8 Å². The van der Waals surface area contributed by atoms with Crippen molar-refractivity contribution in [3.63, 3.8) is 0 Å². The number of nitrogens with zero attached hydrogens (tertiary/aromatic N) is 1. The summed E-state index contributed by atoms with van der Waals surface area (Å²) < 4.78 is 38.3. The smallest absolute Gasteiger partial charge is 0.365 e. The van der Waals surface area contributed by atoms with Crippen molar-refractivity contribution in [3.8, 4) is 0 Å². The number of carbonyl (C=O) groups excluding carboxylic acids is 2. The molecule has 2 aromatic carbocycles. The number of primary amides is 1. The van der Waals surface area contributed by atoms with Gasteiger partial charge in [-0.05, 0) is 60.6 Å². The number of benzene rings is 2. The molecule has 0 radical (unpaired) electrons. The fraction of sp³-hybridized carbons (Fsp3) is 0.174. The number of rotatable bonds is 4. The molecule has 6 nitrogen and oxygen atoms in total. The lowest BCUT2D eigenvalue weighted by molar-refractivity contribution is -0.137. The molecular formula is C23H18ClF3N4O2S2. The number of amides is 2. The Labute approximate surface area is 212 Å². The maximum atomic E-state index is 12.8. The highest BCUT2D eigenvalue weighted by molar-refractivity contribution is 7.80. The SMILES string of the molecule is NC(=O)c1c(NC(=O)c2ccccc2Cl)sc2c1CCN(C(=S)Nc1ccc(C(F)(F)F)cc1)C2. The van der Waals surface area contributed by atoms with Gasteiger partial charge in [-0.25, -0.2) is 0 Å². The average Bonchev–Trinajstić information content (AvgIpc) is 3.16. The van der Waals surface area contributed by atoms with Crippen LogP contribution in [-0.4, -0.2) is 28.4 Å². The van der Waals surface area contributed by atoms with E-state index in [-0.39, 0.29) is 16.1 Å². The summed E-state index contributed by atoms with van der Waals surface area (Å²) in [4.78, 5) is 27.6. The molecule has 35 heavy (non-hydrogen) atoms. The molecule has 4 N–H and O–H groups in total. The van der Waals surface area contributed by atoms with Gasteiger partial charge in [-0.3, -0.25) is 9.59 Å². The van der Waals surface area contributed by atoms with Crippen molar-refractivity contribution in [1.82, 2.24) is 4.90 Å². The Bertz CT molecular complexity index is 1310. The van der Waals surface area contributed by atoms with Crippen LogP contribution in [0.25, 0.3) is 0 Å². The Morgan fingerprint density at radius 2 is 1.77 bits per heavy atom. The van der Waals surface area contributed by atoms with Gasteiger partial charge in [0.25, 0.3) is 11.8 Å². The number of hydrogen-bond donors (Lipinski definition) is 3. The van der Waals surface area contributed by atoms with Gasteiger partial charge in [0, 0.05) is 17.1 Å². The molecule has 1 aliphatic heterocycles. The number of thiocarbonyl (C=S) groups is 1. The lowest BCUT2D eigenvalue weighted by atomic mass is 10.0. The quantitative estimate of drug-likeness (QED) is 0.380. The first-order valence-electron chi connectivity index (χ1n) is 10.3. The van der Waals surface area contributed by atoms with Crippen LogP contribution in [0, 0.1) is 0 Å². The summed E-state index contributed by atoms with van der Waals surface area (Å²) in [5, 5.41) is 6.62. The Morgan fingerprint density at radius 3 is 2.40 bits per heavy atom. The Morgan fingerprint density at radius 1 is 1.09 bits per heavy atom. The number of thiophene rings is 1. The monoisotopic (exact) mass is 538 g/mol. The number of nitrogens with one attached hydrogen (secondary N) is 2. The summed E-state index contributed by atoms with van der Waals surface area (Å²) in [5.74, 6) is -1.12. The van der Waals surface area contributed by atoms with Crippen molar-refractivity contribution in [1.29, 1.82) is 0 Å². The zero-order valence-corrected chi connectivity index (χ0v) is 20.3. The van der Waals surface area contributed by atoms with Gasteiger partial charge in [0.15, 0.2) is 5.11 Å². The van der Waals surface area contributed by atoms with E-state index in [1.54, 1.807) is 24.3 Å². The molecule has 12 heteroatoms. The van der Waals surface area contributed by atoms with E-state index in [0.29, 0.717) is 35.3 Å². The van der Waals surface area contributed by atoms with E-state index in [0.717, 1.165) is 22.6 Å². The summed E-state index contributed by atoms with van der Waals surface area (Å²) in [6.45, 7) is 0.795. The van der Waals surface area contributed by atoms with E-state index in [9.17, 15) is 22.8 Å². The number of halogens is 4. The van der Waals surface area contributed by atoms with Crippen LogP contribution in [0.3, 0.4) is 0 Å². The maximum absolute atomic E-state index is 12.8. The molecule has 1 aromatic heterocycles. The van der Waals surface area contributed by atoms with Gasteiger partial charge < -0.3 is 21.3 Å². The van der Waals surface area contributed by atoms with Crippen LogP contribution in [-0.2, 0) is 19.1 Å². The lowest BCUT2D eigenvalue weighted by Gasteiger charge is -2.29. The first-order chi connectivity index (χ1) is 16.5. The van der Waals surface area contributed by atoms with E-state index < -0.39 is 23.6 Å². The second-order valence-corrected chi connectivity index (χ2v) is 9.58. The fourth-order valence-electron chi connectivity index (χ4n) is 3.69. The molecule has 0 fully saturated rings. The van der Waals surface area contributed by atoms with Gasteiger partial charge in [-0.2, -0.15) is 13.2 Å². The summed E-state index contributed by atoms with van der Waals surface area (Å²) >= 11 is 12.8. The normalized spacial score (nSPS) is 13.2.